The van der Waals surface area contributed by atoms with Crippen LogP contribution in [0.1, 0.15) is 83.1 Å². The first-order valence-electron chi connectivity index (χ1n) is 12.0. The van der Waals surface area contributed by atoms with Crippen molar-refractivity contribution in [3.8, 4) is 0 Å². The minimum Gasteiger partial charge on any atom is -0.332 e. The van der Waals surface area contributed by atoms with Crippen LogP contribution in [0.3, 0.4) is 0 Å². The molecule has 0 amide bonds. The molecule has 0 aliphatic heterocycles. The maximum absolute atomic E-state index is 5.48. The standard InChI is InChI=1S/C27H36N2S2/c1-2-3-4-5-14-26-15-18-27(19-16-26,20-17-26)21-6-8-22(9-7-21)28-25(31)29-23-10-12-24(30)13-11-23/h6-13,30H,2-5,14-20H2,1H3,(H2,28,29,31). The fourth-order valence-electron chi connectivity index (χ4n) is 5.74. The zero-order chi connectivity index (χ0) is 21.7. The number of nitrogens with one attached hydrogen (secondary N) is 2. The number of benzene rings is 2. The van der Waals surface area contributed by atoms with Crippen molar-refractivity contribution < 1.29 is 0 Å². The van der Waals surface area contributed by atoms with E-state index in [1.807, 2.05) is 24.3 Å². The van der Waals surface area contributed by atoms with Crippen LogP contribution in [-0.4, -0.2) is 5.11 Å². The van der Waals surface area contributed by atoms with Gasteiger partial charge in [0.05, 0.1) is 0 Å². The van der Waals surface area contributed by atoms with Crippen molar-refractivity contribution in [2.45, 2.75) is 87.9 Å². The summed E-state index contributed by atoms with van der Waals surface area (Å²) in [4.78, 5) is 0.943. The summed E-state index contributed by atoms with van der Waals surface area (Å²) in [5.41, 5.74) is 4.62. The molecule has 31 heavy (non-hydrogen) atoms. The van der Waals surface area contributed by atoms with Crippen LogP contribution in [0.2, 0.25) is 0 Å². The van der Waals surface area contributed by atoms with Gasteiger partial charge < -0.3 is 10.6 Å². The molecule has 2 bridgehead atoms. The fourth-order valence-corrected chi connectivity index (χ4v) is 6.13. The SMILES string of the molecule is CCCCCCC12CCC(c3ccc(NC(=S)Nc4ccc(S)cc4)cc3)(CC1)CC2. The Morgan fingerprint density at radius 3 is 1.90 bits per heavy atom. The Balaban J connectivity index is 1.31. The van der Waals surface area contributed by atoms with Crippen LogP contribution in [-0.2, 0) is 5.41 Å². The molecule has 2 nitrogen and oxygen atoms in total. The number of fused-ring (bicyclic) bond motifs is 3. The van der Waals surface area contributed by atoms with Crippen LogP contribution in [0.5, 0.6) is 0 Å². The van der Waals surface area contributed by atoms with Gasteiger partial charge in [0.1, 0.15) is 0 Å². The zero-order valence-electron chi connectivity index (χ0n) is 18.8. The lowest BCUT2D eigenvalue weighted by atomic mass is 9.51. The van der Waals surface area contributed by atoms with E-state index < -0.39 is 0 Å². The normalized spacial score (nSPS) is 24.7. The van der Waals surface area contributed by atoms with Crippen LogP contribution in [0.4, 0.5) is 11.4 Å². The first-order valence-corrected chi connectivity index (χ1v) is 12.9. The van der Waals surface area contributed by atoms with E-state index in [2.05, 4.69) is 54.5 Å². The quantitative estimate of drug-likeness (QED) is 0.213. The highest BCUT2D eigenvalue weighted by Gasteiger charge is 2.48. The van der Waals surface area contributed by atoms with Crippen molar-refractivity contribution in [1.82, 2.24) is 0 Å². The van der Waals surface area contributed by atoms with E-state index in [0.29, 0.717) is 15.9 Å². The number of anilines is 2. The van der Waals surface area contributed by atoms with Gasteiger partial charge in [0, 0.05) is 16.3 Å². The van der Waals surface area contributed by atoms with Crippen LogP contribution in [0, 0.1) is 5.41 Å². The Morgan fingerprint density at radius 2 is 1.35 bits per heavy atom. The van der Waals surface area contributed by atoms with Gasteiger partial charge in [-0.3, -0.25) is 0 Å². The first kappa shape index (κ1) is 22.7. The molecule has 0 aromatic heterocycles. The molecule has 3 fully saturated rings. The summed E-state index contributed by atoms with van der Waals surface area (Å²) in [6, 6.07) is 16.9. The highest BCUT2D eigenvalue weighted by Crippen LogP contribution is 2.59. The third-order valence-corrected chi connectivity index (χ3v) is 8.34. The lowest BCUT2D eigenvalue weighted by molar-refractivity contribution is 0.0305. The van der Waals surface area contributed by atoms with E-state index in [-0.39, 0.29) is 0 Å². The summed E-state index contributed by atoms with van der Waals surface area (Å²) >= 11 is 9.81. The molecule has 0 atom stereocenters. The Bertz CT molecular complexity index is 849. The summed E-state index contributed by atoms with van der Waals surface area (Å²) in [6.45, 7) is 2.31. The van der Waals surface area contributed by atoms with E-state index in [1.54, 1.807) is 0 Å². The summed E-state index contributed by atoms with van der Waals surface area (Å²) in [5, 5.41) is 7.16. The molecule has 3 aliphatic rings. The summed E-state index contributed by atoms with van der Waals surface area (Å²) < 4.78 is 0. The van der Waals surface area contributed by atoms with Crippen molar-refractivity contribution in [3.63, 3.8) is 0 Å². The lowest BCUT2D eigenvalue weighted by Gasteiger charge is -2.54. The van der Waals surface area contributed by atoms with Gasteiger partial charge in [-0.2, -0.15) is 0 Å². The van der Waals surface area contributed by atoms with Gasteiger partial charge in [-0.25, -0.2) is 0 Å². The maximum atomic E-state index is 5.48. The minimum atomic E-state index is 0.414. The molecule has 3 saturated carbocycles. The van der Waals surface area contributed by atoms with Crippen molar-refractivity contribution in [2.24, 2.45) is 5.41 Å². The number of rotatable bonds is 8. The third-order valence-electron chi connectivity index (χ3n) is 7.84. The first-order chi connectivity index (χ1) is 15.0. The topological polar surface area (TPSA) is 24.1 Å². The number of hydrogen-bond acceptors (Lipinski definition) is 2. The van der Waals surface area contributed by atoms with Crippen LogP contribution in [0.25, 0.3) is 0 Å². The smallest absolute Gasteiger partial charge is 0.175 e. The molecule has 0 spiro atoms. The van der Waals surface area contributed by atoms with Gasteiger partial charge in [0.15, 0.2) is 5.11 Å². The molecule has 0 heterocycles. The second-order valence-electron chi connectivity index (χ2n) is 9.79. The van der Waals surface area contributed by atoms with Gasteiger partial charge in [0.2, 0.25) is 0 Å². The van der Waals surface area contributed by atoms with Gasteiger partial charge in [0.25, 0.3) is 0 Å². The second kappa shape index (κ2) is 9.95. The molecule has 4 heteroatoms. The Labute approximate surface area is 199 Å². The Kier molecular flexibility index (Phi) is 7.28. The van der Waals surface area contributed by atoms with E-state index in [1.165, 1.54) is 76.2 Å². The molecular weight excluding hydrogens is 416 g/mol. The molecule has 166 valence electrons. The van der Waals surface area contributed by atoms with E-state index in [4.69, 9.17) is 12.2 Å². The molecule has 0 unspecified atom stereocenters. The molecule has 2 aromatic carbocycles. The predicted molar refractivity (Wildman–Crippen MR) is 141 cm³/mol. The average Bonchev–Trinajstić information content (AvgIpc) is 2.80. The van der Waals surface area contributed by atoms with Crippen LogP contribution < -0.4 is 10.6 Å². The van der Waals surface area contributed by atoms with E-state index in [0.717, 1.165) is 16.3 Å². The Morgan fingerprint density at radius 1 is 0.806 bits per heavy atom. The van der Waals surface area contributed by atoms with Crippen LogP contribution >= 0.6 is 24.8 Å². The average molecular weight is 453 g/mol. The van der Waals surface area contributed by atoms with E-state index in [9.17, 15) is 0 Å². The van der Waals surface area contributed by atoms with Crippen molar-refractivity contribution >= 4 is 41.3 Å². The van der Waals surface area contributed by atoms with Crippen molar-refractivity contribution in [1.29, 1.82) is 0 Å². The number of unbranched alkanes of at least 4 members (excludes halogenated alkanes) is 3. The molecule has 3 aliphatic carbocycles. The largest absolute Gasteiger partial charge is 0.332 e. The number of thiol groups is 1. The fraction of sp³-hybridized carbons (Fsp3) is 0.519. The maximum Gasteiger partial charge on any atom is 0.175 e. The van der Waals surface area contributed by atoms with Crippen molar-refractivity contribution in [2.75, 3.05) is 10.6 Å². The third kappa shape index (κ3) is 5.46. The zero-order valence-corrected chi connectivity index (χ0v) is 20.5. The summed E-state index contributed by atoms with van der Waals surface area (Å²) in [6.07, 6.45) is 15.5. The predicted octanol–water partition coefficient (Wildman–Crippen LogP) is 8.35. The molecule has 5 rings (SSSR count). The summed E-state index contributed by atoms with van der Waals surface area (Å²) in [7, 11) is 0. The molecular formula is C27H36N2S2. The number of hydrogen-bond donors (Lipinski definition) is 3. The van der Waals surface area contributed by atoms with Gasteiger partial charge in [-0.05, 0) is 110 Å². The molecule has 2 N–H and O–H groups in total. The molecule has 2 aromatic rings. The monoisotopic (exact) mass is 452 g/mol. The highest BCUT2D eigenvalue weighted by molar-refractivity contribution is 7.80. The Hall–Kier alpha value is -1.52. The number of thiocarbonyl (C=S) groups is 1. The highest BCUT2D eigenvalue weighted by atomic mass is 32.1. The molecule has 0 saturated heterocycles. The van der Waals surface area contributed by atoms with Crippen molar-refractivity contribution in [3.05, 3.63) is 54.1 Å². The molecule has 0 radical (unpaired) electrons. The minimum absolute atomic E-state index is 0.414. The van der Waals surface area contributed by atoms with E-state index >= 15 is 0 Å². The lowest BCUT2D eigenvalue weighted by Crippen LogP contribution is -2.44. The van der Waals surface area contributed by atoms with Crippen LogP contribution in [0.15, 0.2) is 53.4 Å². The van der Waals surface area contributed by atoms with Gasteiger partial charge in [-0.1, -0.05) is 44.7 Å². The summed E-state index contributed by atoms with van der Waals surface area (Å²) in [5.74, 6) is 0. The second-order valence-corrected chi connectivity index (χ2v) is 10.7. The van der Waals surface area contributed by atoms with Gasteiger partial charge >= 0.3 is 0 Å². The van der Waals surface area contributed by atoms with Gasteiger partial charge in [-0.15, -0.1) is 12.6 Å².